The molecule has 1 aliphatic rings. The van der Waals surface area contributed by atoms with E-state index in [0.29, 0.717) is 35.3 Å². The molecule has 190 valence electrons. The molecule has 0 saturated carbocycles. The smallest absolute Gasteiger partial charge is 0.256 e. The van der Waals surface area contributed by atoms with Crippen LogP contribution in [0.15, 0.2) is 29.2 Å². The van der Waals surface area contributed by atoms with E-state index in [9.17, 15) is 18.5 Å². The van der Waals surface area contributed by atoms with Gasteiger partial charge in [-0.25, -0.2) is 8.42 Å². The van der Waals surface area contributed by atoms with Crippen LogP contribution in [0, 0.1) is 11.3 Å². The standard InChI is InChI=1S/C26H36N4O3S2/c1-5-7-14-30(15-8-6-2)35(32,33)21-11-9-20(10-12-21)25(31)28-26-23(17-27)22-13-16-29(19(3)4)18-24(22)34-26/h9-12,19H,5-8,13-16,18H2,1-4H3,(H,28,31). The number of amides is 1. The lowest BCUT2D eigenvalue weighted by molar-refractivity contribution is 0.102. The van der Waals surface area contributed by atoms with Crippen LogP contribution in [0.25, 0.3) is 0 Å². The van der Waals surface area contributed by atoms with Crippen LogP contribution in [0.4, 0.5) is 5.00 Å². The van der Waals surface area contributed by atoms with E-state index in [1.165, 1.54) is 23.5 Å². The highest BCUT2D eigenvalue weighted by molar-refractivity contribution is 7.89. The monoisotopic (exact) mass is 516 g/mol. The molecule has 35 heavy (non-hydrogen) atoms. The second-order valence-corrected chi connectivity index (χ2v) is 12.3. The summed E-state index contributed by atoms with van der Waals surface area (Å²) < 4.78 is 27.9. The number of benzene rings is 1. The van der Waals surface area contributed by atoms with Crippen LogP contribution < -0.4 is 5.32 Å². The van der Waals surface area contributed by atoms with Crippen LogP contribution in [0.3, 0.4) is 0 Å². The van der Waals surface area contributed by atoms with E-state index in [1.54, 1.807) is 16.4 Å². The second-order valence-electron chi connectivity index (χ2n) is 9.22. The van der Waals surface area contributed by atoms with Gasteiger partial charge in [-0.05, 0) is 62.9 Å². The van der Waals surface area contributed by atoms with Gasteiger partial charge in [-0.3, -0.25) is 9.69 Å². The topological polar surface area (TPSA) is 93.5 Å². The van der Waals surface area contributed by atoms with Gasteiger partial charge in [0.1, 0.15) is 11.1 Å². The van der Waals surface area contributed by atoms with E-state index in [1.807, 2.05) is 13.8 Å². The van der Waals surface area contributed by atoms with Crippen LogP contribution in [-0.4, -0.2) is 49.2 Å². The summed E-state index contributed by atoms with van der Waals surface area (Å²) in [4.78, 5) is 16.6. The summed E-state index contributed by atoms with van der Waals surface area (Å²) in [7, 11) is -3.62. The van der Waals surface area contributed by atoms with Gasteiger partial charge in [0.15, 0.2) is 0 Å². The van der Waals surface area contributed by atoms with Crippen LogP contribution in [0.1, 0.15) is 79.7 Å². The molecule has 2 heterocycles. The van der Waals surface area contributed by atoms with Gasteiger partial charge >= 0.3 is 0 Å². The van der Waals surface area contributed by atoms with E-state index in [2.05, 4.69) is 30.1 Å². The SMILES string of the molecule is CCCCN(CCCC)S(=O)(=O)c1ccc(C(=O)Nc2sc3c(c2C#N)CCN(C(C)C)C3)cc1. The van der Waals surface area contributed by atoms with Crippen molar-refractivity contribution in [3.05, 3.63) is 45.8 Å². The van der Waals surface area contributed by atoms with Crippen molar-refractivity contribution in [1.29, 1.82) is 5.26 Å². The third-order valence-corrected chi connectivity index (χ3v) is 9.48. The number of carbonyl (C=O) groups excluding carboxylic acids is 1. The van der Waals surface area contributed by atoms with Crippen molar-refractivity contribution in [1.82, 2.24) is 9.21 Å². The second kappa shape index (κ2) is 12.1. The highest BCUT2D eigenvalue weighted by Crippen LogP contribution is 2.37. The third kappa shape index (κ3) is 6.31. The summed E-state index contributed by atoms with van der Waals surface area (Å²) in [6, 6.07) is 8.78. The van der Waals surface area contributed by atoms with Gasteiger partial charge in [0.2, 0.25) is 10.0 Å². The molecule has 3 rings (SSSR count). The molecular weight excluding hydrogens is 480 g/mol. The molecule has 0 saturated heterocycles. The molecule has 1 N–H and O–H groups in total. The van der Waals surface area contributed by atoms with Crippen molar-refractivity contribution in [3.8, 4) is 6.07 Å². The molecule has 1 aromatic heterocycles. The molecule has 0 atom stereocenters. The van der Waals surface area contributed by atoms with Gasteiger partial charge in [0.25, 0.3) is 5.91 Å². The predicted octanol–water partition coefficient (Wildman–Crippen LogP) is 5.23. The molecule has 0 bridgehead atoms. The predicted molar refractivity (Wildman–Crippen MR) is 141 cm³/mol. The molecule has 0 fully saturated rings. The molecule has 0 radical (unpaired) electrons. The van der Waals surface area contributed by atoms with Crippen molar-refractivity contribution in [2.24, 2.45) is 0 Å². The van der Waals surface area contributed by atoms with Gasteiger partial charge in [-0.1, -0.05) is 26.7 Å². The van der Waals surface area contributed by atoms with Crippen LogP contribution in [-0.2, 0) is 23.0 Å². The largest absolute Gasteiger partial charge is 0.312 e. The lowest BCUT2D eigenvalue weighted by Crippen LogP contribution is -2.35. The maximum absolute atomic E-state index is 13.2. The summed E-state index contributed by atoms with van der Waals surface area (Å²) in [6.07, 6.45) is 4.25. The van der Waals surface area contributed by atoms with Gasteiger partial charge < -0.3 is 5.32 Å². The zero-order valence-corrected chi connectivity index (χ0v) is 22.8. The number of nitrogens with zero attached hydrogens (tertiary/aromatic N) is 3. The van der Waals surface area contributed by atoms with E-state index < -0.39 is 10.0 Å². The van der Waals surface area contributed by atoms with Crippen molar-refractivity contribution in [3.63, 3.8) is 0 Å². The number of hydrogen-bond acceptors (Lipinski definition) is 6. The molecule has 0 spiro atoms. The van der Waals surface area contributed by atoms with E-state index in [0.717, 1.165) is 55.6 Å². The first-order valence-electron chi connectivity index (χ1n) is 12.4. The molecule has 1 aliphatic heterocycles. The van der Waals surface area contributed by atoms with Crippen LogP contribution in [0.2, 0.25) is 0 Å². The minimum Gasteiger partial charge on any atom is -0.312 e. The van der Waals surface area contributed by atoms with Crippen LogP contribution >= 0.6 is 11.3 Å². The number of thiophene rings is 1. The summed E-state index contributed by atoms with van der Waals surface area (Å²) in [5.41, 5.74) is 1.94. The molecule has 9 heteroatoms. The van der Waals surface area contributed by atoms with Gasteiger partial charge in [0.05, 0.1) is 10.5 Å². The van der Waals surface area contributed by atoms with Gasteiger partial charge in [0, 0.05) is 42.7 Å². The van der Waals surface area contributed by atoms with Crippen LogP contribution in [0.5, 0.6) is 0 Å². The quantitative estimate of drug-likeness (QED) is 0.441. The zero-order chi connectivity index (χ0) is 25.6. The number of anilines is 1. The third-order valence-electron chi connectivity index (χ3n) is 6.43. The number of sulfonamides is 1. The first-order valence-corrected chi connectivity index (χ1v) is 14.7. The Bertz CT molecular complexity index is 1160. The zero-order valence-electron chi connectivity index (χ0n) is 21.1. The molecule has 1 amide bonds. The molecule has 7 nitrogen and oxygen atoms in total. The van der Waals surface area contributed by atoms with E-state index in [4.69, 9.17) is 0 Å². The van der Waals surface area contributed by atoms with Crippen molar-refractivity contribution in [2.75, 3.05) is 25.0 Å². The van der Waals surface area contributed by atoms with Gasteiger partial charge in [-0.15, -0.1) is 11.3 Å². The van der Waals surface area contributed by atoms with E-state index >= 15 is 0 Å². The van der Waals surface area contributed by atoms with Crippen molar-refractivity contribution >= 4 is 32.3 Å². The van der Waals surface area contributed by atoms with Crippen molar-refractivity contribution < 1.29 is 13.2 Å². The Morgan fingerprint density at radius 3 is 2.34 bits per heavy atom. The Labute approximate surface area is 213 Å². The number of carbonyl (C=O) groups is 1. The molecule has 0 aliphatic carbocycles. The molecular formula is C26H36N4O3S2. The minimum absolute atomic E-state index is 0.194. The number of rotatable bonds is 11. The fourth-order valence-corrected chi connectivity index (χ4v) is 6.93. The Morgan fingerprint density at radius 2 is 1.80 bits per heavy atom. The first-order chi connectivity index (χ1) is 16.7. The molecule has 1 aromatic carbocycles. The fraction of sp³-hybridized carbons (Fsp3) is 0.538. The normalized spacial score (nSPS) is 14.2. The average Bonchev–Trinajstić information content (AvgIpc) is 3.19. The lowest BCUT2D eigenvalue weighted by atomic mass is 10.0. The summed E-state index contributed by atoms with van der Waals surface area (Å²) in [5.74, 6) is -0.349. The Kier molecular flexibility index (Phi) is 9.47. The molecule has 2 aromatic rings. The summed E-state index contributed by atoms with van der Waals surface area (Å²) in [5, 5.41) is 13.2. The van der Waals surface area contributed by atoms with Gasteiger partial charge in [-0.2, -0.15) is 9.57 Å². The first kappa shape index (κ1) is 27.3. The van der Waals surface area contributed by atoms with E-state index in [-0.39, 0.29) is 10.8 Å². The number of fused-ring (bicyclic) bond motifs is 1. The highest BCUT2D eigenvalue weighted by atomic mass is 32.2. The average molecular weight is 517 g/mol. The lowest BCUT2D eigenvalue weighted by Gasteiger charge is -2.30. The summed E-state index contributed by atoms with van der Waals surface area (Å²) in [6.45, 7) is 11.1. The minimum atomic E-state index is -3.62. The Morgan fingerprint density at radius 1 is 1.17 bits per heavy atom. The Hall–Kier alpha value is -2.25. The maximum atomic E-state index is 13.2. The number of hydrogen-bond donors (Lipinski definition) is 1. The number of unbranched alkanes of at least 4 members (excludes halogenated alkanes) is 2. The fourth-order valence-electron chi connectivity index (χ4n) is 4.19. The summed E-state index contributed by atoms with van der Waals surface area (Å²) >= 11 is 1.46. The number of nitriles is 1. The number of nitrogens with one attached hydrogen (secondary N) is 1. The molecule has 0 unspecified atom stereocenters. The van der Waals surface area contributed by atoms with Crippen molar-refractivity contribution in [2.45, 2.75) is 77.3 Å². The Balaban J connectivity index is 1.77. The maximum Gasteiger partial charge on any atom is 0.256 e. The highest BCUT2D eigenvalue weighted by Gasteiger charge is 2.27.